The minimum atomic E-state index is 0.523. The van der Waals surface area contributed by atoms with Gasteiger partial charge in [-0.05, 0) is 17.5 Å². The average Bonchev–Trinajstić information content (AvgIpc) is 2.05. The Hall–Kier alpha value is -1.29. The van der Waals surface area contributed by atoms with Crippen LogP contribution in [-0.4, -0.2) is 4.98 Å². The maximum Gasteiger partial charge on any atom is 0.112 e. The largest absolute Gasteiger partial charge is 0.248 e. The lowest BCUT2D eigenvalue weighted by Crippen LogP contribution is -1.89. The Morgan fingerprint density at radius 3 is 2.55 bits per heavy atom. The van der Waals surface area contributed by atoms with E-state index in [9.17, 15) is 0 Å². The Balaban J connectivity index is 2.94. The van der Waals surface area contributed by atoms with Crippen LogP contribution in [0, 0.1) is 12.3 Å². The van der Waals surface area contributed by atoms with Gasteiger partial charge in [0.15, 0.2) is 0 Å². The van der Waals surface area contributed by atoms with Crippen LogP contribution in [0.25, 0.3) is 0 Å². The van der Waals surface area contributed by atoms with Crippen molar-refractivity contribution in [3.05, 3.63) is 29.6 Å². The molecule has 0 unspecified atom stereocenters. The third kappa shape index (κ3) is 1.81. The molecule has 0 atom stereocenters. The van der Waals surface area contributed by atoms with E-state index in [1.54, 1.807) is 0 Å². The molecule has 0 bridgehead atoms. The lowest BCUT2D eigenvalue weighted by Gasteiger charge is -2.02. The van der Waals surface area contributed by atoms with E-state index in [0.29, 0.717) is 11.6 Å². The lowest BCUT2D eigenvalue weighted by atomic mass is 10.1. The van der Waals surface area contributed by atoms with Crippen molar-refractivity contribution in [3.8, 4) is 12.3 Å². The first kappa shape index (κ1) is 7.81. The van der Waals surface area contributed by atoms with Crippen LogP contribution < -0.4 is 0 Å². The molecule has 0 aromatic carbocycles. The number of hydrogen-bond donors (Lipinski definition) is 0. The second-order valence-corrected chi connectivity index (χ2v) is 2.78. The molecule has 0 saturated carbocycles. The van der Waals surface area contributed by atoms with E-state index >= 15 is 0 Å². The molecule has 1 heterocycles. The Labute approximate surface area is 67.5 Å². The summed E-state index contributed by atoms with van der Waals surface area (Å²) in [5.41, 5.74) is 1.93. The first-order chi connectivity index (χ1) is 5.24. The molecule has 1 aromatic heterocycles. The van der Waals surface area contributed by atoms with Gasteiger partial charge in [-0.3, -0.25) is 0 Å². The number of aromatic nitrogens is 1. The fourth-order valence-electron chi connectivity index (χ4n) is 0.832. The Morgan fingerprint density at radius 2 is 2.18 bits per heavy atom. The van der Waals surface area contributed by atoms with Crippen molar-refractivity contribution in [1.29, 1.82) is 0 Å². The van der Waals surface area contributed by atoms with Crippen LogP contribution in [0.4, 0.5) is 0 Å². The van der Waals surface area contributed by atoms with E-state index < -0.39 is 0 Å². The molecule has 1 nitrogen and oxygen atoms in total. The third-order valence-electron chi connectivity index (χ3n) is 1.60. The molecule has 0 aliphatic rings. The van der Waals surface area contributed by atoms with Crippen molar-refractivity contribution in [2.75, 3.05) is 0 Å². The summed E-state index contributed by atoms with van der Waals surface area (Å²) in [4.78, 5) is 4.08. The SMILES string of the molecule is C#Cc1ccc(C(C)C)cn1. The summed E-state index contributed by atoms with van der Waals surface area (Å²) in [7, 11) is 0. The van der Waals surface area contributed by atoms with Gasteiger partial charge in [-0.2, -0.15) is 0 Å². The molecule has 1 aromatic rings. The molecular formula is C10H11N. The van der Waals surface area contributed by atoms with E-state index in [1.807, 2.05) is 18.3 Å². The monoisotopic (exact) mass is 145 g/mol. The van der Waals surface area contributed by atoms with Crippen LogP contribution in [-0.2, 0) is 0 Å². The second kappa shape index (κ2) is 3.21. The van der Waals surface area contributed by atoms with Crippen LogP contribution in [0.2, 0.25) is 0 Å². The number of nitrogens with zero attached hydrogens (tertiary/aromatic N) is 1. The molecular weight excluding hydrogens is 134 g/mol. The van der Waals surface area contributed by atoms with Gasteiger partial charge < -0.3 is 0 Å². The van der Waals surface area contributed by atoms with Gasteiger partial charge in [0, 0.05) is 6.20 Å². The first-order valence-electron chi connectivity index (χ1n) is 3.66. The van der Waals surface area contributed by atoms with Crippen molar-refractivity contribution in [3.63, 3.8) is 0 Å². The zero-order valence-electron chi connectivity index (χ0n) is 6.83. The molecule has 11 heavy (non-hydrogen) atoms. The number of hydrogen-bond acceptors (Lipinski definition) is 1. The van der Waals surface area contributed by atoms with Crippen LogP contribution in [0.1, 0.15) is 31.0 Å². The molecule has 0 fully saturated rings. The van der Waals surface area contributed by atoms with Gasteiger partial charge >= 0.3 is 0 Å². The highest BCUT2D eigenvalue weighted by atomic mass is 14.7. The molecule has 0 spiro atoms. The highest BCUT2D eigenvalue weighted by Gasteiger charge is 1.97. The number of pyridine rings is 1. The van der Waals surface area contributed by atoms with E-state index in [2.05, 4.69) is 24.8 Å². The standard InChI is InChI=1S/C10H11N/c1-4-10-6-5-9(7-11-10)8(2)3/h1,5-8H,2-3H3. The molecule has 1 heteroatoms. The van der Waals surface area contributed by atoms with Crippen LogP contribution in [0.3, 0.4) is 0 Å². The molecule has 1 rings (SSSR count). The zero-order chi connectivity index (χ0) is 8.27. The van der Waals surface area contributed by atoms with Gasteiger partial charge in [0.25, 0.3) is 0 Å². The summed E-state index contributed by atoms with van der Waals surface area (Å²) in [6.45, 7) is 4.26. The second-order valence-electron chi connectivity index (χ2n) is 2.78. The predicted octanol–water partition coefficient (Wildman–Crippen LogP) is 2.19. The molecule has 0 aliphatic carbocycles. The van der Waals surface area contributed by atoms with E-state index in [-0.39, 0.29) is 0 Å². The quantitative estimate of drug-likeness (QED) is 0.552. The third-order valence-corrected chi connectivity index (χ3v) is 1.60. The summed E-state index contributed by atoms with van der Waals surface area (Å²) in [5.74, 6) is 3.00. The van der Waals surface area contributed by atoms with E-state index in [4.69, 9.17) is 6.42 Å². The maximum atomic E-state index is 5.16. The summed E-state index contributed by atoms with van der Waals surface area (Å²) >= 11 is 0. The smallest absolute Gasteiger partial charge is 0.112 e. The molecule has 0 N–H and O–H groups in total. The van der Waals surface area contributed by atoms with Crippen molar-refractivity contribution in [2.24, 2.45) is 0 Å². The van der Waals surface area contributed by atoms with Gasteiger partial charge in [0.05, 0.1) is 0 Å². The molecule has 0 saturated heterocycles. The molecule has 0 amide bonds. The Morgan fingerprint density at radius 1 is 1.45 bits per heavy atom. The van der Waals surface area contributed by atoms with Gasteiger partial charge in [0.1, 0.15) is 5.69 Å². The summed E-state index contributed by atoms with van der Waals surface area (Å²) in [5, 5.41) is 0. The van der Waals surface area contributed by atoms with Crippen LogP contribution >= 0.6 is 0 Å². The van der Waals surface area contributed by atoms with Gasteiger partial charge in [-0.1, -0.05) is 25.8 Å². The van der Waals surface area contributed by atoms with Crippen LogP contribution in [0.15, 0.2) is 18.3 Å². The maximum absolute atomic E-state index is 5.16. The van der Waals surface area contributed by atoms with Crippen LogP contribution in [0.5, 0.6) is 0 Å². The highest BCUT2D eigenvalue weighted by molar-refractivity contribution is 5.27. The fraction of sp³-hybridized carbons (Fsp3) is 0.300. The predicted molar refractivity (Wildman–Crippen MR) is 46.3 cm³/mol. The topological polar surface area (TPSA) is 12.9 Å². The first-order valence-corrected chi connectivity index (χ1v) is 3.66. The number of rotatable bonds is 1. The molecule has 56 valence electrons. The van der Waals surface area contributed by atoms with Crippen molar-refractivity contribution in [2.45, 2.75) is 19.8 Å². The Kier molecular flexibility index (Phi) is 2.28. The van der Waals surface area contributed by atoms with Gasteiger partial charge in [-0.25, -0.2) is 4.98 Å². The summed E-state index contributed by atoms with van der Waals surface area (Å²) in [6, 6.07) is 3.89. The minimum absolute atomic E-state index is 0.523. The number of terminal acetylenes is 1. The van der Waals surface area contributed by atoms with E-state index in [1.165, 1.54) is 5.56 Å². The fourth-order valence-corrected chi connectivity index (χ4v) is 0.832. The van der Waals surface area contributed by atoms with Crippen molar-refractivity contribution >= 4 is 0 Å². The molecule has 0 aliphatic heterocycles. The van der Waals surface area contributed by atoms with Crippen molar-refractivity contribution < 1.29 is 0 Å². The zero-order valence-corrected chi connectivity index (χ0v) is 6.83. The molecule has 0 radical (unpaired) electrons. The summed E-state index contributed by atoms with van der Waals surface area (Å²) < 4.78 is 0. The van der Waals surface area contributed by atoms with Gasteiger partial charge in [0.2, 0.25) is 0 Å². The van der Waals surface area contributed by atoms with E-state index in [0.717, 1.165) is 0 Å². The Bertz CT molecular complexity index is 264. The normalized spacial score (nSPS) is 9.64. The highest BCUT2D eigenvalue weighted by Crippen LogP contribution is 2.11. The van der Waals surface area contributed by atoms with Gasteiger partial charge in [-0.15, -0.1) is 6.42 Å². The summed E-state index contributed by atoms with van der Waals surface area (Å²) in [6.07, 6.45) is 7.00. The van der Waals surface area contributed by atoms with Crippen molar-refractivity contribution in [1.82, 2.24) is 4.98 Å². The minimum Gasteiger partial charge on any atom is -0.248 e. The average molecular weight is 145 g/mol. The lowest BCUT2D eigenvalue weighted by molar-refractivity contribution is 0.857.